The molecule has 0 atom stereocenters. The molecule has 108 valence electrons. The fourth-order valence-corrected chi connectivity index (χ4v) is 7.49. The van der Waals surface area contributed by atoms with Crippen molar-refractivity contribution in [2.24, 2.45) is 0 Å². The van der Waals surface area contributed by atoms with Crippen molar-refractivity contribution in [2.45, 2.75) is 38.5 Å². The van der Waals surface area contributed by atoms with Gasteiger partial charge in [-0.25, -0.2) is 0 Å². The van der Waals surface area contributed by atoms with Gasteiger partial charge in [-0.05, 0) is 67.8 Å². The number of rotatable bonds is 4. The van der Waals surface area contributed by atoms with Crippen LogP contribution in [0.4, 0.5) is 0 Å². The molecular formula is C17H14Cl2S2. The van der Waals surface area contributed by atoms with Crippen LogP contribution in [0.3, 0.4) is 0 Å². The molecule has 0 aromatic heterocycles. The monoisotopic (exact) mass is 352 g/mol. The topological polar surface area (TPSA) is 0 Å². The van der Waals surface area contributed by atoms with Crippen molar-refractivity contribution in [2.75, 3.05) is 0 Å². The van der Waals surface area contributed by atoms with E-state index in [1.165, 1.54) is 29.1 Å². The molecule has 3 aliphatic carbocycles. The van der Waals surface area contributed by atoms with Crippen LogP contribution in [0.15, 0.2) is 58.3 Å². The Morgan fingerprint density at radius 3 is 1.29 bits per heavy atom. The first-order valence-electron chi connectivity index (χ1n) is 6.96. The van der Waals surface area contributed by atoms with Gasteiger partial charge < -0.3 is 0 Å². The molecule has 0 radical (unpaired) electrons. The standard InChI is InChI=1S/C17H14Cl2S2/c18-12-1-5-14(6-2-12)20-16-9-17(10-16,11-16)21-15-7-3-13(19)4-8-15/h1-8H,9-11H2. The van der Waals surface area contributed by atoms with E-state index in [0.717, 1.165) is 10.0 Å². The zero-order chi connectivity index (χ0) is 14.5. The fraction of sp³-hybridized carbons (Fsp3) is 0.294. The van der Waals surface area contributed by atoms with Crippen LogP contribution in [0.1, 0.15) is 19.3 Å². The molecule has 3 aliphatic rings. The van der Waals surface area contributed by atoms with Gasteiger partial charge >= 0.3 is 0 Å². The quantitative estimate of drug-likeness (QED) is 0.611. The molecule has 2 aromatic rings. The summed E-state index contributed by atoms with van der Waals surface area (Å²) in [5.74, 6) is 0. The molecule has 3 fully saturated rings. The largest absolute Gasteiger partial charge is 0.119 e. The van der Waals surface area contributed by atoms with Gasteiger partial charge in [-0.1, -0.05) is 23.2 Å². The van der Waals surface area contributed by atoms with Crippen molar-refractivity contribution in [3.8, 4) is 0 Å². The second-order valence-electron chi connectivity index (χ2n) is 6.01. The molecule has 0 unspecified atom stereocenters. The maximum Gasteiger partial charge on any atom is 0.0406 e. The highest BCUT2D eigenvalue weighted by Gasteiger charge is 2.68. The van der Waals surface area contributed by atoms with E-state index in [2.05, 4.69) is 24.3 Å². The Balaban J connectivity index is 1.37. The van der Waals surface area contributed by atoms with Gasteiger partial charge in [-0.2, -0.15) is 0 Å². The lowest BCUT2D eigenvalue weighted by Crippen LogP contribution is -2.68. The van der Waals surface area contributed by atoms with Crippen molar-refractivity contribution >= 4 is 46.7 Å². The third-order valence-corrected chi connectivity index (χ3v) is 7.48. The van der Waals surface area contributed by atoms with Crippen LogP contribution in [-0.4, -0.2) is 9.49 Å². The van der Waals surface area contributed by atoms with Crippen molar-refractivity contribution in [1.82, 2.24) is 0 Å². The second-order valence-corrected chi connectivity index (χ2v) is 9.96. The molecule has 5 rings (SSSR count). The van der Waals surface area contributed by atoms with Gasteiger partial charge in [0, 0.05) is 29.3 Å². The van der Waals surface area contributed by atoms with Gasteiger partial charge in [0.05, 0.1) is 0 Å². The van der Waals surface area contributed by atoms with Gasteiger partial charge in [-0.15, -0.1) is 23.5 Å². The normalized spacial score (nSPS) is 29.6. The van der Waals surface area contributed by atoms with Crippen molar-refractivity contribution < 1.29 is 0 Å². The predicted molar refractivity (Wildman–Crippen MR) is 93.9 cm³/mol. The van der Waals surface area contributed by atoms with Crippen molar-refractivity contribution in [3.05, 3.63) is 58.6 Å². The summed E-state index contributed by atoms with van der Waals surface area (Å²) in [4.78, 5) is 2.67. The fourth-order valence-electron chi connectivity index (χ4n) is 3.33. The summed E-state index contributed by atoms with van der Waals surface area (Å²) in [7, 11) is 0. The SMILES string of the molecule is Clc1ccc(SC23CC(Sc4ccc(Cl)cc4)(C2)C3)cc1. The average molecular weight is 353 g/mol. The van der Waals surface area contributed by atoms with Crippen LogP contribution in [0.5, 0.6) is 0 Å². The smallest absolute Gasteiger partial charge is 0.0406 e. The highest BCUT2D eigenvalue weighted by Crippen LogP contribution is 2.75. The van der Waals surface area contributed by atoms with E-state index in [0.29, 0.717) is 9.49 Å². The lowest BCUT2D eigenvalue weighted by molar-refractivity contribution is 0.0977. The van der Waals surface area contributed by atoms with Crippen molar-refractivity contribution in [3.63, 3.8) is 0 Å². The molecule has 0 heterocycles. The molecule has 21 heavy (non-hydrogen) atoms. The van der Waals surface area contributed by atoms with Crippen molar-refractivity contribution in [1.29, 1.82) is 0 Å². The number of hydrogen-bond acceptors (Lipinski definition) is 2. The molecule has 2 aromatic carbocycles. The highest BCUT2D eigenvalue weighted by atomic mass is 35.5. The highest BCUT2D eigenvalue weighted by molar-refractivity contribution is 8.03. The van der Waals surface area contributed by atoms with Crippen LogP contribution in [0.2, 0.25) is 10.0 Å². The third kappa shape index (κ3) is 2.72. The first kappa shape index (κ1) is 14.3. The summed E-state index contributed by atoms with van der Waals surface area (Å²) < 4.78 is 0.959. The maximum atomic E-state index is 5.94. The minimum atomic E-state index is 0.479. The van der Waals surface area contributed by atoms with Gasteiger partial charge in [0.15, 0.2) is 0 Å². The molecule has 0 spiro atoms. The summed E-state index contributed by atoms with van der Waals surface area (Å²) in [6.45, 7) is 0. The van der Waals surface area contributed by atoms with Crippen LogP contribution in [-0.2, 0) is 0 Å². The first-order chi connectivity index (χ1) is 10.1. The third-order valence-electron chi connectivity index (χ3n) is 4.23. The van der Waals surface area contributed by atoms with E-state index in [1.807, 2.05) is 47.8 Å². The minimum Gasteiger partial charge on any atom is -0.119 e. The van der Waals surface area contributed by atoms with Crippen LogP contribution in [0.25, 0.3) is 0 Å². The van der Waals surface area contributed by atoms with Crippen LogP contribution >= 0.6 is 46.7 Å². The van der Waals surface area contributed by atoms with E-state index in [4.69, 9.17) is 23.2 Å². The van der Waals surface area contributed by atoms with E-state index >= 15 is 0 Å². The molecule has 0 amide bonds. The molecule has 4 heteroatoms. The number of hydrogen-bond donors (Lipinski definition) is 0. The lowest BCUT2D eigenvalue weighted by Gasteiger charge is -2.69. The molecule has 0 aliphatic heterocycles. The minimum absolute atomic E-state index is 0.479. The van der Waals surface area contributed by atoms with E-state index in [-0.39, 0.29) is 0 Å². The van der Waals surface area contributed by atoms with E-state index in [9.17, 15) is 0 Å². The molecule has 2 bridgehead atoms. The van der Waals surface area contributed by atoms with Gasteiger partial charge in [0.1, 0.15) is 0 Å². The zero-order valence-corrected chi connectivity index (χ0v) is 14.5. The lowest BCUT2D eigenvalue weighted by atomic mass is 9.54. The average Bonchev–Trinajstić information content (AvgIpc) is 2.40. The van der Waals surface area contributed by atoms with Gasteiger partial charge in [0.2, 0.25) is 0 Å². The number of halogens is 2. The second kappa shape index (κ2) is 5.13. The Morgan fingerprint density at radius 1 is 0.619 bits per heavy atom. The Labute approximate surface area is 143 Å². The van der Waals surface area contributed by atoms with Gasteiger partial charge in [-0.3, -0.25) is 0 Å². The van der Waals surface area contributed by atoms with Gasteiger partial charge in [0.25, 0.3) is 0 Å². The maximum absolute atomic E-state index is 5.94. The Bertz CT molecular complexity index is 587. The van der Waals surface area contributed by atoms with E-state index in [1.54, 1.807) is 0 Å². The summed E-state index contributed by atoms with van der Waals surface area (Å²) in [5.41, 5.74) is 0. The Morgan fingerprint density at radius 2 is 0.952 bits per heavy atom. The molecule has 0 saturated heterocycles. The summed E-state index contributed by atoms with van der Waals surface area (Å²) in [5, 5.41) is 1.62. The Hall–Kier alpha value is -0.280. The number of thioether (sulfide) groups is 2. The summed E-state index contributed by atoms with van der Waals surface area (Å²) in [6.07, 6.45) is 3.92. The van der Waals surface area contributed by atoms with E-state index < -0.39 is 0 Å². The number of benzene rings is 2. The molecule has 0 nitrogen and oxygen atoms in total. The molecule has 0 N–H and O–H groups in total. The predicted octanol–water partition coefficient (Wildman–Crippen LogP) is 6.55. The van der Waals surface area contributed by atoms with Crippen LogP contribution < -0.4 is 0 Å². The zero-order valence-electron chi connectivity index (χ0n) is 11.3. The summed E-state index contributed by atoms with van der Waals surface area (Å²) >= 11 is 15.9. The molecule has 3 saturated carbocycles. The molecular weight excluding hydrogens is 339 g/mol. The summed E-state index contributed by atoms with van der Waals surface area (Å²) in [6, 6.07) is 16.4. The first-order valence-corrected chi connectivity index (χ1v) is 9.35. The Kier molecular flexibility index (Phi) is 3.50. The van der Waals surface area contributed by atoms with Crippen LogP contribution in [0, 0.1) is 0 Å².